The van der Waals surface area contributed by atoms with Crippen LogP contribution >= 0.6 is 0 Å². The highest BCUT2D eigenvalue weighted by molar-refractivity contribution is 5.79. The second-order valence-corrected chi connectivity index (χ2v) is 3.92. The molecule has 0 spiro atoms. The average molecular weight is 264 g/mol. The van der Waals surface area contributed by atoms with E-state index in [4.69, 9.17) is 5.11 Å². The molecule has 0 aliphatic rings. The number of hydrogen-bond donors (Lipinski definition) is 2. The molecule has 2 aromatic rings. The summed E-state index contributed by atoms with van der Waals surface area (Å²) in [6.07, 6.45) is -2.05. The number of halogens is 2. The van der Waals surface area contributed by atoms with E-state index < -0.39 is 29.3 Å². The predicted octanol–water partition coefficient (Wildman–Crippen LogP) is 2.75. The Labute approximate surface area is 107 Å². The molecule has 0 aromatic heterocycles. The standard InChI is InChI=1S/C14H10F2O3/c15-10-6-2-1-4-8(10)9-5-3-7-11(16)12(9)13(17)14(18)19/h1-7,13,17H,(H,18,19). The first-order valence-corrected chi connectivity index (χ1v) is 5.46. The first kappa shape index (κ1) is 13.2. The van der Waals surface area contributed by atoms with Crippen molar-refractivity contribution in [2.75, 3.05) is 0 Å². The largest absolute Gasteiger partial charge is 0.479 e. The van der Waals surface area contributed by atoms with Crippen LogP contribution in [0.4, 0.5) is 8.78 Å². The van der Waals surface area contributed by atoms with Crippen LogP contribution in [0.1, 0.15) is 11.7 Å². The molecule has 2 rings (SSSR count). The summed E-state index contributed by atoms with van der Waals surface area (Å²) in [6, 6.07) is 9.29. The Morgan fingerprint density at radius 2 is 1.53 bits per heavy atom. The fourth-order valence-corrected chi connectivity index (χ4v) is 1.85. The van der Waals surface area contributed by atoms with Crippen LogP contribution in [0.5, 0.6) is 0 Å². The zero-order valence-corrected chi connectivity index (χ0v) is 9.68. The van der Waals surface area contributed by atoms with Gasteiger partial charge >= 0.3 is 5.97 Å². The average Bonchev–Trinajstić information content (AvgIpc) is 2.38. The number of aliphatic carboxylic acids is 1. The smallest absolute Gasteiger partial charge is 0.337 e. The van der Waals surface area contributed by atoms with Crippen molar-refractivity contribution in [3.63, 3.8) is 0 Å². The van der Waals surface area contributed by atoms with Gasteiger partial charge in [-0.15, -0.1) is 0 Å². The number of aliphatic hydroxyl groups excluding tert-OH is 1. The molecule has 0 bridgehead atoms. The number of carboxylic acid groups (broad SMARTS) is 1. The topological polar surface area (TPSA) is 57.5 Å². The summed E-state index contributed by atoms with van der Waals surface area (Å²) < 4.78 is 27.4. The highest BCUT2D eigenvalue weighted by Gasteiger charge is 2.24. The number of rotatable bonds is 3. The van der Waals surface area contributed by atoms with Crippen LogP contribution in [0.25, 0.3) is 11.1 Å². The summed E-state index contributed by atoms with van der Waals surface area (Å²) in [4.78, 5) is 10.8. The summed E-state index contributed by atoms with van der Waals surface area (Å²) in [5, 5.41) is 18.3. The minimum Gasteiger partial charge on any atom is -0.479 e. The molecule has 0 saturated heterocycles. The number of carbonyl (C=O) groups is 1. The second-order valence-electron chi connectivity index (χ2n) is 3.92. The molecule has 0 radical (unpaired) electrons. The lowest BCUT2D eigenvalue weighted by Crippen LogP contribution is -2.13. The molecule has 5 heteroatoms. The molecular formula is C14H10F2O3. The Morgan fingerprint density at radius 3 is 2.16 bits per heavy atom. The van der Waals surface area contributed by atoms with Gasteiger partial charge in [0.1, 0.15) is 11.6 Å². The van der Waals surface area contributed by atoms with Gasteiger partial charge in [-0.05, 0) is 17.7 Å². The molecule has 0 fully saturated rings. The molecule has 0 heterocycles. The van der Waals surface area contributed by atoms with Crippen molar-refractivity contribution >= 4 is 5.97 Å². The fraction of sp³-hybridized carbons (Fsp3) is 0.0714. The van der Waals surface area contributed by atoms with Gasteiger partial charge in [0, 0.05) is 11.1 Å². The van der Waals surface area contributed by atoms with Crippen molar-refractivity contribution in [2.45, 2.75) is 6.10 Å². The van der Waals surface area contributed by atoms with Gasteiger partial charge in [0.25, 0.3) is 0 Å². The molecule has 0 aliphatic carbocycles. The highest BCUT2D eigenvalue weighted by atomic mass is 19.1. The Kier molecular flexibility index (Phi) is 3.57. The lowest BCUT2D eigenvalue weighted by atomic mass is 9.95. The number of aliphatic hydroxyl groups is 1. The van der Waals surface area contributed by atoms with Gasteiger partial charge in [-0.1, -0.05) is 30.3 Å². The van der Waals surface area contributed by atoms with Crippen LogP contribution in [-0.2, 0) is 4.79 Å². The van der Waals surface area contributed by atoms with Gasteiger partial charge in [-0.2, -0.15) is 0 Å². The van der Waals surface area contributed by atoms with Crippen LogP contribution < -0.4 is 0 Å². The number of hydrogen-bond acceptors (Lipinski definition) is 2. The van der Waals surface area contributed by atoms with Gasteiger partial charge in [-0.3, -0.25) is 0 Å². The summed E-state index contributed by atoms with van der Waals surface area (Å²) in [7, 11) is 0. The minimum atomic E-state index is -2.05. The van der Waals surface area contributed by atoms with Gasteiger partial charge in [0.2, 0.25) is 0 Å². The Morgan fingerprint density at radius 1 is 0.947 bits per heavy atom. The molecule has 98 valence electrons. The first-order chi connectivity index (χ1) is 9.02. The van der Waals surface area contributed by atoms with E-state index in [2.05, 4.69) is 0 Å². The first-order valence-electron chi connectivity index (χ1n) is 5.46. The zero-order valence-electron chi connectivity index (χ0n) is 9.68. The maximum absolute atomic E-state index is 13.7. The van der Waals surface area contributed by atoms with Crippen molar-refractivity contribution in [1.82, 2.24) is 0 Å². The highest BCUT2D eigenvalue weighted by Crippen LogP contribution is 2.32. The lowest BCUT2D eigenvalue weighted by molar-refractivity contribution is -0.147. The van der Waals surface area contributed by atoms with E-state index in [1.165, 1.54) is 30.3 Å². The van der Waals surface area contributed by atoms with Gasteiger partial charge in [0.15, 0.2) is 6.10 Å². The van der Waals surface area contributed by atoms with Crippen molar-refractivity contribution in [2.24, 2.45) is 0 Å². The quantitative estimate of drug-likeness (QED) is 0.896. The van der Waals surface area contributed by atoms with Gasteiger partial charge < -0.3 is 10.2 Å². The van der Waals surface area contributed by atoms with Crippen molar-refractivity contribution in [3.05, 3.63) is 59.7 Å². The zero-order chi connectivity index (χ0) is 14.0. The molecular weight excluding hydrogens is 254 g/mol. The van der Waals surface area contributed by atoms with Crippen molar-refractivity contribution in [1.29, 1.82) is 0 Å². The van der Waals surface area contributed by atoms with Crippen molar-refractivity contribution < 1.29 is 23.8 Å². The molecule has 19 heavy (non-hydrogen) atoms. The number of benzene rings is 2. The van der Waals surface area contributed by atoms with Crippen LogP contribution in [-0.4, -0.2) is 16.2 Å². The second kappa shape index (κ2) is 5.16. The molecule has 1 atom stereocenters. The van der Waals surface area contributed by atoms with E-state index in [0.29, 0.717) is 0 Å². The SMILES string of the molecule is O=C(O)C(O)c1c(F)cccc1-c1ccccc1F. The number of carboxylic acids is 1. The van der Waals surface area contributed by atoms with E-state index in [1.807, 2.05) is 0 Å². The van der Waals surface area contributed by atoms with Crippen LogP contribution in [0.3, 0.4) is 0 Å². The van der Waals surface area contributed by atoms with Crippen LogP contribution in [0, 0.1) is 11.6 Å². The molecule has 0 amide bonds. The molecule has 2 aromatic carbocycles. The molecule has 0 aliphatic heterocycles. The maximum atomic E-state index is 13.7. The molecule has 3 nitrogen and oxygen atoms in total. The normalized spacial score (nSPS) is 12.2. The van der Waals surface area contributed by atoms with Gasteiger partial charge in [-0.25, -0.2) is 13.6 Å². The molecule has 2 N–H and O–H groups in total. The minimum absolute atomic E-state index is 0.0213. The monoisotopic (exact) mass is 264 g/mol. The third-order valence-electron chi connectivity index (χ3n) is 2.72. The summed E-state index contributed by atoms with van der Waals surface area (Å²) >= 11 is 0. The Bertz CT molecular complexity index is 626. The Hall–Kier alpha value is -2.27. The van der Waals surface area contributed by atoms with Crippen molar-refractivity contribution in [3.8, 4) is 11.1 Å². The van der Waals surface area contributed by atoms with E-state index >= 15 is 0 Å². The van der Waals surface area contributed by atoms with E-state index in [1.54, 1.807) is 6.07 Å². The van der Waals surface area contributed by atoms with Crippen LogP contribution in [0.15, 0.2) is 42.5 Å². The van der Waals surface area contributed by atoms with E-state index in [9.17, 15) is 18.7 Å². The summed E-state index contributed by atoms with van der Waals surface area (Å²) in [5.41, 5.74) is -0.384. The Balaban J connectivity index is 2.68. The predicted molar refractivity (Wildman–Crippen MR) is 64.4 cm³/mol. The molecule has 0 saturated carbocycles. The van der Waals surface area contributed by atoms with E-state index in [0.717, 1.165) is 6.07 Å². The third-order valence-corrected chi connectivity index (χ3v) is 2.72. The van der Waals surface area contributed by atoms with Gasteiger partial charge in [0.05, 0.1) is 0 Å². The summed E-state index contributed by atoms with van der Waals surface area (Å²) in [5.74, 6) is -3.11. The maximum Gasteiger partial charge on any atom is 0.337 e. The fourth-order valence-electron chi connectivity index (χ4n) is 1.85. The lowest BCUT2D eigenvalue weighted by Gasteiger charge is -2.14. The van der Waals surface area contributed by atoms with E-state index in [-0.39, 0.29) is 11.1 Å². The molecule has 1 unspecified atom stereocenters. The summed E-state index contributed by atoms with van der Waals surface area (Å²) in [6.45, 7) is 0. The van der Waals surface area contributed by atoms with Crippen LogP contribution in [0.2, 0.25) is 0 Å². The third kappa shape index (κ3) is 2.46.